The number of rotatable bonds is 22. The fourth-order valence-electron chi connectivity index (χ4n) is 8.11. The van der Waals surface area contributed by atoms with Crippen molar-refractivity contribution in [2.24, 2.45) is 40.9 Å². The Bertz CT molecular complexity index is 4970. The number of hydrogen-bond donors (Lipinski definition) is 6. The number of ether oxygens (including phenoxy) is 2. The van der Waals surface area contributed by atoms with Crippen molar-refractivity contribution >= 4 is 131 Å². The molecule has 1 aromatic heterocycles. The van der Waals surface area contributed by atoms with E-state index in [2.05, 4.69) is 40.9 Å². The molecule has 9 rings (SSSR count). The van der Waals surface area contributed by atoms with Crippen LogP contribution in [0.4, 0.5) is 45.5 Å². The van der Waals surface area contributed by atoms with Crippen molar-refractivity contribution in [1.29, 1.82) is 0 Å². The van der Waals surface area contributed by atoms with Gasteiger partial charge >= 0.3 is 29.6 Å². The molecule has 0 aliphatic heterocycles. The summed E-state index contributed by atoms with van der Waals surface area (Å²) in [5.74, 6) is 0.250. The summed E-state index contributed by atoms with van der Waals surface area (Å²) in [4.78, 5) is -1.74. The zero-order chi connectivity index (χ0) is 65.8. The van der Waals surface area contributed by atoms with E-state index >= 15 is 0 Å². The number of aromatic nitrogens is 2. The minimum Gasteiger partial charge on any atom is -0.494 e. The number of methoxy groups -OCH3 is 2. The van der Waals surface area contributed by atoms with Gasteiger partial charge in [0.05, 0.1) is 58.1 Å². The molecule has 0 saturated carbocycles. The fourth-order valence-corrected chi connectivity index (χ4v) is 12.0. The summed E-state index contributed by atoms with van der Waals surface area (Å²) >= 11 is 0. The quantitative estimate of drug-likeness (QED) is 0.0159. The normalized spacial score (nSPS) is 13.0. The molecule has 0 amide bonds. The standard InChI is InChI=1S/C54H42N10O21S6.Na/c1-83-49-27-39(57-55-37-5-3-7-45(25-37)86(65,66)67)19-23-47(49)61-59-41-17-13-33(51(29-41)88(71,72)73)9-11-35-15-21-43(31-53(35)90(77,78)79)63-64(85-63)44-22-16-36(54(32-44)91(80,81)82)12-10-34-14-18-42(30-52(34)89(74,75)76)60-62-48-24-20-40(28-50(48)84-2)58-56-38-6-4-8-46(26-38)87(68,69)70;/h3-32H,1-2H3,(H,65,66,67)(H,68,69,70)(H,71,72,73)(H,74,75,76)(H,77,78,79)(H,80,81,82);/q;+1/b11-9+,12-10+,57-55?,58-56?,61-59?,62-60?;. The third-order valence-corrected chi connectivity index (χ3v) is 17.7. The third-order valence-electron chi connectivity index (χ3n) is 12.4. The van der Waals surface area contributed by atoms with Crippen LogP contribution in [0.25, 0.3) is 35.7 Å². The molecule has 92 heavy (non-hydrogen) atoms. The summed E-state index contributed by atoms with van der Waals surface area (Å²) in [6.45, 7) is 0. The van der Waals surface area contributed by atoms with Gasteiger partial charge in [-0.2, -0.15) is 81.2 Å². The second-order valence-corrected chi connectivity index (χ2v) is 26.9. The molecule has 0 saturated heterocycles. The Hall–Kier alpha value is -8.90. The monoisotopic (exact) mass is 1380 g/mol. The maximum absolute atomic E-state index is 12.8. The van der Waals surface area contributed by atoms with E-state index in [4.69, 9.17) is 14.1 Å². The van der Waals surface area contributed by atoms with Crippen LogP contribution in [-0.2, 0) is 60.7 Å². The molecule has 0 unspecified atom stereocenters. The Morgan fingerprint density at radius 3 is 0.935 bits per heavy atom. The van der Waals surface area contributed by atoms with Crippen molar-refractivity contribution in [2.75, 3.05) is 14.2 Å². The van der Waals surface area contributed by atoms with Gasteiger partial charge in [-0.05, 0) is 131 Å². The Morgan fingerprint density at radius 1 is 0.337 bits per heavy atom. The van der Waals surface area contributed by atoms with E-state index in [1.165, 1.54) is 136 Å². The molecule has 31 nitrogen and oxygen atoms in total. The Labute approximate surface area is 544 Å². The minimum atomic E-state index is -5.07. The van der Waals surface area contributed by atoms with E-state index in [1.54, 1.807) is 0 Å². The topological polar surface area (TPSA) is 467 Å². The van der Waals surface area contributed by atoms with Crippen molar-refractivity contribution in [3.63, 3.8) is 0 Å². The van der Waals surface area contributed by atoms with E-state index in [1.807, 2.05) is 0 Å². The van der Waals surface area contributed by atoms with Gasteiger partial charge in [-0.3, -0.25) is 27.3 Å². The van der Waals surface area contributed by atoms with E-state index in [0.717, 1.165) is 70.4 Å². The van der Waals surface area contributed by atoms with Crippen LogP contribution in [0.15, 0.2) is 233 Å². The van der Waals surface area contributed by atoms with Gasteiger partial charge in [0.15, 0.2) is 0 Å². The zero-order valence-electron chi connectivity index (χ0n) is 47.0. The van der Waals surface area contributed by atoms with Crippen molar-refractivity contribution in [2.45, 2.75) is 29.4 Å². The maximum atomic E-state index is 12.8. The van der Waals surface area contributed by atoms with Crippen LogP contribution in [0.1, 0.15) is 22.3 Å². The predicted molar refractivity (Wildman–Crippen MR) is 323 cm³/mol. The second kappa shape index (κ2) is 27.5. The van der Waals surface area contributed by atoms with Gasteiger partial charge in [0.1, 0.15) is 53.8 Å². The molecular weight excluding hydrogens is 1340 g/mol. The van der Waals surface area contributed by atoms with E-state index < -0.39 is 90.1 Å². The van der Waals surface area contributed by atoms with Crippen molar-refractivity contribution in [1.82, 2.24) is 9.71 Å². The molecule has 9 aromatic rings. The van der Waals surface area contributed by atoms with Crippen molar-refractivity contribution < 1.29 is 121 Å². The first-order valence-electron chi connectivity index (χ1n) is 25.0. The van der Waals surface area contributed by atoms with Gasteiger partial charge in [-0.1, -0.05) is 70.4 Å². The average Bonchev–Trinajstić information content (AvgIpc) is 1.70. The summed E-state index contributed by atoms with van der Waals surface area (Å²) in [6, 6.07) is 32.5. The van der Waals surface area contributed by atoms with Gasteiger partial charge < -0.3 is 9.47 Å². The first-order valence-corrected chi connectivity index (χ1v) is 33.7. The van der Waals surface area contributed by atoms with Crippen molar-refractivity contribution in [3.8, 4) is 22.9 Å². The van der Waals surface area contributed by atoms with Gasteiger partial charge in [0, 0.05) is 12.1 Å². The van der Waals surface area contributed by atoms with Crippen LogP contribution < -0.4 is 39.0 Å². The molecule has 0 bridgehead atoms. The van der Waals surface area contributed by atoms with E-state index in [0.29, 0.717) is 0 Å². The van der Waals surface area contributed by atoms with Crippen molar-refractivity contribution in [3.05, 3.63) is 180 Å². The molecule has 0 spiro atoms. The third kappa shape index (κ3) is 17.4. The molecule has 0 fully saturated rings. The number of benzene rings is 8. The molecule has 0 radical (unpaired) electrons. The largest absolute Gasteiger partial charge is 1.00 e. The van der Waals surface area contributed by atoms with E-state index in [9.17, 15) is 77.8 Å². The van der Waals surface area contributed by atoms with Crippen LogP contribution in [0.5, 0.6) is 11.5 Å². The van der Waals surface area contributed by atoms with Gasteiger partial charge in [-0.25, -0.2) is 4.63 Å². The molecule has 470 valence electrons. The van der Waals surface area contributed by atoms with Crippen LogP contribution in [-0.4, -0.2) is 102 Å². The zero-order valence-corrected chi connectivity index (χ0v) is 53.9. The molecule has 38 heteroatoms. The minimum absolute atomic E-state index is 0. The molecule has 0 aliphatic rings. The summed E-state index contributed by atoms with van der Waals surface area (Å²) in [6.07, 6.45) is 4.45. The van der Waals surface area contributed by atoms with Gasteiger partial charge in [0.2, 0.25) is 0 Å². The van der Waals surface area contributed by atoms with Gasteiger partial charge in [-0.15, -0.1) is 10.2 Å². The molecule has 6 N–H and O–H groups in total. The summed E-state index contributed by atoms with van der Waals surface area (Å²) in [7, 11) is -26.5. The smallest absolute Gasteiger partial charge is 0.494 e. The Kier molecular flexibility index (Phi) is 20.6. The van der Waals surface area contributed by atoms with Gasteiger partial charge in [0.25, 0.3) is 60.7 Å². The molecule has 8 aromatic carbocycles. The Morgan fingerprint density at radius 2 is 0.620 bits per heavy atom. The first kappa shape index (κ1) is 69.0. The summed E-state index contributed by atoms with van der Waals surface area (Å²) in [5.41, 5.74) is -0.153. The predicted octanol–water partition coefficient (Wildman–Crippen LogP) is 9.36. The summed E-state index contributed by atoms with van der Waals surface area (Å²) < 4.78 is 224. The Balaban J connectivity index is 0.0000109. The molecule has 0 atom stereocenters. The van der Waals surface area contributed by atoms with Crippen LogP contribution >= 0.6 is 0 Å². The molecular formula is C54H42N10NaO21S6+. The second-order valence-electron chi connectivity index (χ2n) is 18.5. The first-order chi connectivity index (χ1) is 42.7. The van der Waals surface area contributed by atoms with Crippen LogP contribution in [0.3, 0.4) is 0 Å². The number of nitrogens with zero attached hydrogens (tertiary/aromatic N) is 10. The molecule has 0 aliphatic carbocycles. The average molecular weight is 1380 g/mol. The van der Waals surface area contributed by atoms with E-state index in [-0.39, 0.29) is 120 Å². The van der Waals surface area contributed by atoms with Crippen LogP contribution in [0, 0.1) is 0 Å². The summed E-state index contributed by atoms with van der Waals surface area (Å²) in [5, 5.41) is 32.3. The fraction of sp³-hybridized carbons (Fsp3) is 0.0370. The SMILES string of the molecule is COc1cc(N=Nc2cccc(S(=O)(=O)O)c2)ccc1N=Nc1ccc(/C=C/c2ccc(-n3on3-c3ccc(/C=C/c4ccc(N=Nc5ccc(N=Nc6cccc(S(=O)(=O)O)c6)cc5OC)cc4S(=O)(=O)O)c(S(=O)(=O)O)c3)cc2S(=O)(=O)O)c(S(=O)(=O)O)c1.[Na+]. The number of hydrogen-bond acceptors (Lipinski definition) is 23. The maximum Gasteiger partial charge on any atom is 1.00 e. The molecule has 1 heterocycles. The van der Waals surface area contributed by atoms with Crippen LogP contribution in [0.2, 0.25) is 0 Å². The number of azo groups is 4.